The van der Waals surface area contributed by atoms with Gasteiger partial charge in [-0.25, -0.2) is 8.42 Å². The van der Waals surface area contributed by atoms with Crippen molar-refractivity contribution in [2.75, 3.05) is 0 Å². The molecular weight excluding hydrogens is 220 g/mol. The average Bonchev–Trinajstić information content (AvgIpc) is 2.26. The summed E-state index contributed by atoms with van der Waals surface area (Å²) in [6.45, 7) is 9.04. The Morgan fingerprint density at radius 1 is 1.25 bits per heavy atom. The van der Waals surface area contributed by atoms with Crippen molar-refractivity contribution in [3.05, 3.63) is 55.1 Å². The molecule has 1 aromatic rings. The normalized spacial score (nSPS) is 13.1. The van der Waals surface area contributed by atoms with Gasteiger partial charge in [-0.15, -0.1) is 13.2 Å². The molecule has 1 atom stereocenters. The summed E-state index contributed by atoms with van der Waals surface area (Å²) in [5, 5.41) is -0.590. The Bertz CT molecular complexity index is 469. The number of benzene rings is 1. The van der Waals surface area contributed by atoms with Gasteiger partial charge in [0, 0.05) is 0 Å². The smallest absolute Gasteiger partial charge is 0.185 e. The second-order valence-electron chi connectivity index (χ2n) is 3.66. The number of aryl methyl sites for hydroxylation is 1. The Hall–Kier alpha value is -1.35. The Kier molecular flexibility index (Phi) is 4.07. The first-order chi connectivity index (χ1) is 7.52. The topological polar surface area (TPSA) is 34.1 Å². The molecule has 0 radical (unpaired) electrons. The van der Waals surface area contributed by atoms with E-state index in [0.717, 1.165) is 5.56 Å². The molecule has 1 rings (SSSR count). The SMILES string of the molecule is C=CC[C@@H](C=C)S(=O)(=O)c1ccc(C)cc1. The minimum atomic E-state index is -3.32. The first-order valence-electron chi connectivity index (χ1n) is 5.06. The Balaban J connectivity index is 3.14. The first-order valence-corrected chi connectivity index (χ1v) is 6.61. The molecule has 0 aliphatic heterocycles. The van der Waals surface area contributed by atoms with Gasteiger partial charge in [0.2, 0.25) is 0 Å². The molecule has 0 spiro atoms. The maximum absolute atomic E-state index is 12.1. The van der Waals surface area contributed by atoms with Crippen molar-refractivity contribution in [3.63, 3.8) is 0 Å². The van der Waals surface area contributed by atoms with Gasteiger partial charge in [-0.05, 0) is 25.5 Å². The predicted molar refractivity (Wildman–Crippen MR) is 67.2 cm³/mol. The van der Waals surface area contributed by atoms with Crippen LogP contribution in [-0.2, 0) is 9.84 Å². The number of hydrogen-bond acceptors (Lipinski definition) is 2. The lowest BCUT2D eigenvalue weighted by Crippen LogP contribution is -2.18. The highest BCUT2D eigenvalue weighted by molar-refractivity contribution is 7.92. The fourth-order valence-electron chi connectivity index (χ4n) is 1.42. The standard InChI is InChI=1S/C13H16O2S/c1-4-6-12(5-2)16(14,15)13-9-7-11(3)8-10-13/h4-5,7-10,12H,1-2,6H2,3H3/t12-/m1/s1. The van der Waals surface area contributed by atoms with E-state index in [1.165, 1.54) is 6.08 Å². The summed E-state index contributed by atoms with van der Waals surface area (Å²) in [6.07, 6.45) is 3.44. The molecule has 0 aromatic heterocycles. The Labute approximate surface area is 97.2 Å². The number of hydrogen-bond donors (Lipinski definition) is 0. The summed E-state index contributed by atoms with van der Waals surface area (Å²) in [7, 11) is -3.32. The zero-order chi connectivity index (χ0) is 12.2. The number of rotatable bonds is 5. The molecule has 0 aliphatic carbocycles. The van der Waals surface area contributed by atoms with Gasteiger partial charge in [0.05, 0.1) is 10.1 Å². The van der Waals surface area contributed by atoms with E-state index in [1.54, 1.807) is 30.3 Å². The van der Waals surface area contributed by atoms with Crippen LogP contribution in [0, 0.1) is 6.92 Å². The highest BCUT2D eigenvalue weighted by Crippen LogP contribution is 2.19. The molecule has 0 saturated heterocycles. The molecule has 0 N–H and O–H groups in total. The van der Waals surface area contributed by atoms with Crippen molar-refractivity contribution in [1.29, 1.82) is 0 Å². The van der Waals surface area contributed by atoms with Crippen LogP contribution in [0.5, 0.6) is 0 Å². The van der Waals surface area contributed by atoms with E-state index in [4.69, 9.17) is 0 Å². The van der Waals surface area contributed by atoms with Crippen molar-refractivity contribution >= 4 is 9.84 Å². The van der Waals surface area contributed by atoms with Crippen molar-refractivity contribution < 1.29 is 8.42 Å². The van der Waals surface area contributed by atoms with E-state index in [1.807, 2.05) is 6.92 Å². The largest absolute Gasteiger partial charge is 0.223 e. The number of allylic oxidation sites excluding steroid dienone is 1. The van der Waals surface area contributed by atoms with Crippen LogP contribution in [-0.4, -0.2) is 13.7 Å². The summed E-state index contributed by atoms with van der Waals surface area (Å²) >= 11 is 0. The summed E-state index contributed by atoms with van der Waals surface area (Å²) in [4.78, 5) is 0.338. The van der Waals surface area contributed by atoms with Crippen LogP contribution in [0.15, 0.2) is 54.5 Å². The first kappa shape index (κ1) is 12.7. The minimum absolute atomic E-state index is 0.338. The maximum atomic E-state index is 12.1. The van der Waals surface area contributed by atoms with E-state index in [2.05, 4.69) is 13.2 Å². The zero-order valence-electron chi connectivity index (χ0n) is 9.39. The maximum Gasteiger partial charge on any atom is 0.185 e. The molecule has 0 fully saturated rings. The second kappa shape index (κ2) is 5.12. The van der Waals surface area contributed by atoms with Crippen LogP contribution in [0.3, 0.4) is 0 Å². The van der Waals surface area contributed by atoms with E-state index < -0.39 is 15.1 Å². The Morgan fingerprint density at radius 3 is 2.25 bits per heavy atom. The van der Waals surface area contributed by atoms with Gasteiger partial charge >= 0.3 is 0 Å². The molecular formula is C13H16O2S. The van der Waals surface area contributed by atoms with Crippen LogP contribution >= 0.6 is 0 Å². The highest BCUT2D eigenvalue weighted by atomic mass is 32.2. The molecule has 0 heterocycles. The highest BCUT2D eigenvalue weighted by Gasteiger charge is 2.23. The quantitative estimate of drug-likeness (QED) is 0.737. The van der Waals surface area contributed by atoms with Gasteiger partial charge in [-0.2, -0.15) is 0 Å². The van der Waals surface area contributed by atoms with Gasteiger partial charge in [-0.3, -0.25) is 0 Å². The van der Waals surface area contributed by atoms with Crippen LogP contribution < -0.4 is 0 Å². The second-order valence-corrected chi connectivity index (χ2v) is 5.82. The van der Waals surface area contributed by atoms with Crippen LogP contribution in [0.1, 0.15) is 12.0 Å². The molecule has 86 valence electrons. The number of sulfone groups is 1. The third-order valence-electron chi connectivity index (χ3n) is 2.41. The third-order valence-corrected chi connectivity index (χ3v) is 4.52. The summed E-state index contributed by atoms with van der Waals surface area (Å²) < 4.78 is 24.3. The van der Waals surface area contributed by atoms with Crippen LogP contribution in [0.25, 0.3) is 0 Å². The van der Waals surface area contributed by atoms with Gasteiger partial charge in [0.1, 0.15) is 0 Å². The van der Waals surface area contributed by atoms with Gasteiger partial charge in [0.15, 0.2) is 9.84 Å². The Morgan fingerprint density at radius 2 is 1.81 bits per heavy atom. The predicted octanol–water partition coefficient (Wildman–Crippen LogP) is 2.90. The molecule has 2 nitrogen and oxygen atoms in total. The minimum Gasteiger partial charge on any atom is -0.223 e. The molecule has 1 aromatic carbocycles. The van der Waals surface area contributed by atoms with Crippen molar-refractivity contribution in [3.8, 4) is 0 Å². The van der Waals surface area contributed by atoms with Gasteiger partial charge < -0.3 is 0 Å². The summed E-state index contributed by atoms with van der Waals surface area (Å²) in [5.74, 6) is 0. The molecule has 0 aliphatic rings. The van der Waals surface area contributed by atoms with Crippen LogP contribution in [0.2, 0.25) is 0 Å². The lowest BCUT2D eigenvalue weighted by molar-refractivity contribution is 0.588. The molecule has 0 amide bonds. The fourth-order valence-corrected chi connectivity index (χ4v) is 2.92. The summed E-state index contributed by atoms with van der Waals surface area (Å²) in [6, 6.07) is 6.84. The average molecular weight is 236 g/mol. The lowest BCUT2D eigenvalue weighted by Gasteiger charge is -2.11. The van der Waals surface area contributed by atoms with E-state index in [-0.39, 0.29) is 0 Å². The monoisotopic (exact) mass is 236 g/mol. The fraction of sp³-hybridized carbons (Fsp3) is 0.231. The van der Waals surface area contributed by atoms with E-state index >= 15 is 0 Å². The van der Waals surface area contributed by atoms with Crippen LogP contribution in [0.4, 0.5) is 0 Å². The molecule has 3 heteroatoms. The molecule has 0 bridgehead atoms. The molecule has 0 saturated carbocycles. The lowest BCUT2D eigenvalue weighted by atomic mass is 10.2. The molecule has 0 unspecified atom stereocenters. The zero-order valence-corrected chi connectivity index (χ0v) is 10.2. The molecule has 16 heavy (non-hydrogen) atoms. The van der Waals surface area contributed by atoms with E-state index in [0.29, 0.717) is 11.3 Å². The van der Waals surface area contributed by atoms with E-state index in [9.17, 15) is 8.42 Å². The van der Waals surface area contributed by atoms with Gasteiger partial charge in [0.25, 0.3) is 0 Å². The summed E-state index contributed by atoms with van der Waals surface area (Å²) in [5.41, 5.74) is 1.04. The van der Waals surface area contributed by atoms with Gasteiger partial charge in [-0.1, -0.05) is 29.8 Å². The van der Waals surface area contributed by atoms with Crippen molar-refractivity contribution in [2.24, 2.45) is 0 Å². The van der Waals surface area contributed by atoms with Crippen molar-refractivity contribution in [2.45, 2.75) is 23.5 Å². The van der Waals surface area contributed by atoms with Crippen molar-refractivity contribution in [1.82, 2.24) is 0 Å². The third kappa shape index (κ3) is 2.61.